The molecule has 0 bridgehead atoms. The number of anilines is 2. The lowest BCUT2D eigenvalue weighted by atomic mass is 10.2. The Morgan fingerprint density at radius 3 is 2.50 bits per heavy atom. The molecular formula is C13H10ClN3O3. The van der Waals surface area contributed by atoms with E-state index in [9.17, 15) is 9.59 Å². The zero-order valence-electron chi connectivity index (χ0n) is 10.1. The number of amides is 2. The molecule has 6 nitrogen and oxygen atoms in total. The molecule has 1 aromatic heterocycles. The Morgan fingerprint density at radius 2 is 1.85 bits per heavy atom. The number of halogens is 1. The maximum Gasteiger partial charge on any atom is 0.337 e. The molecule has 1 heterocycles. The second kappa shape index (κ2) is 6.03. The van der Waals surface area contributed by atoms with Crippen LogP contribution >= 0.6 is 11.6 Å². The van der Waals surface area contributed by atoms with Gasteiger partial charge in [-0.3, -0.25) is 5.32 Å². The average Bonchev–Trinajstić information content (AvgIpc) is 2.41. The number of nitrogens with zero attached hydrogens (tertiary/aromatic N) is 1. The van der Waals surface area contributed by atoms with Gasteiger partial charge in [-0.25, -0.2) is 14.6 Å². The van der Waals surface area contributed by atoms with Gasteiger partial charge in [0.05, 0.1) is 16.3 Å². The maximum atomic E-state index is 11.8. The Bertz CT molecular complexity index is 644. The molecule has 0 saturated heterocycles. The highest BCUT2D eigenvalue weighted by molar-refractivity contribution is 6.30. The highest BCUT2D eigenvalue weighted by Gasteiger charge is 2.11. The number of carboxylic acid groups (broad SMARTS) is 1. The van der Waals surface area contributed by atoms with Crippen molar-refractivity contribution in [1.29, 1.82) is 0 Å². The van der Waals surface area contributed by atoms with Crippen LogP contribution in [0.1, 0.15) is 10.4 Å². The molecule has 0 aliphatic rings. The standard InChI is InChI=1S/C13H10ClN3O3/c14-8-5-6-11(15-7-8)17-13(20)16-10-4-2-1-3-9(10)12(18)19/h1-7H,(H,18,19)(H2,15,16,17,20). The third kappa shape index (κ3) is 3.46. The van der Waals surface area contributed by atoms with Crippen LogP contribution in [-0.2, 0) is 0 Å². The summed E-state index contributed by atoms with van der Waals surface area (Å²) >= 11 is 5.68. The van der Waals surface area contributed by atoms with Crippen molar-refractivity contribution >= 4 is 35.1 Å². The summed E-state index contributed by atoms with van der Waals surface area (Å²) in [7, 11) is 0. The van der Waals surface area contributed by atoms with Gasteiger partial charge in [-0.1, -0.05) is 23.7 Å². The van der Waals surface area contributed by atoms with Gasteiger partial charge in [0.2, 0.25) is 0 Å². The number of rotatable bonds is 3. The van der Waals surface area contributed by atoms with Gasteiger partial charge in [0.25, 0.3) is 0 Å². The summed E-state index contributed by atoms with van der Waals surface area (Å²) in [6, 6.07) is 8.63. The first-order chi connectivity index (χ1) is 9.56. The fraction of sp³-hybridized carbons (Fsp3) is 0. The fourth-order valence-corrected chi connectivity index (χ4v) is 1.61. The molecule has 2 rings (SSSR count). The largest absolute Gasteiger partial charge is 0.478 e. The Balaban J connectivity index is 2.08. The number of hydrogen-bond donors (Lipinski definition) is 3. The number of para-hydroxylation sites is 1. The summed E-state index contributed by atoms with van der Waals surface area (Å²) < 4.78 is 0. The van der Waals surface area contributed by atoms with E-state index in [1.54, 1.807) is 18.2 Å². The van der Waals surface area contributed by atoms with Crippen molar-refractivity contribution in [3.63, 3.8) is 0 Å². The number of carbonyl (C=O) groups is 2. The van der Waals surface area contributed by atoms with Crippen LogP contribution in [0.25, 0.3) is 0 Å². The van der Waals surface area contributed by atoms with E-state index in [-0.39, 0.29) is 11.3 Å². The van der Waals surface area contributed by atoms with E-state index in [0.29, 0.717) is 10.8 Å². The third-order valence-electron chi connectivity index (χ3n) is 2.37. The minimum atomic E-state index is -1.12. The van der Waals surface area contributed by atoms with Crippen LogP contribution in [0.4, 0.5) is 16.3 Å². The summed E-state index contributed by atoms with van der Waals surface area (Å²) in [5.74, 6) is -0.815. The van der Waals surface area contributed by atoms with Crippen molar-refractivity contribution in [2.75, 3.05) is 10.6 Å². The number of pyridine rings is 1. The van der Waals surface area contributed by atoms with Crippen molar-refractivity contribution < 1.29 is 14.7 Å². The summed E-state index contributed by atoms with van der Waals surface area (Å²) in [5, 5.41) is 14.4. The lowest BCUT2D eigenvalue weighted by Gasteiger charge is -2.09. The molecule has 2 amide bonds. The average molecular weight is 292 g/mol. The molecule has 0 spiro atoms. The second-order valence-electron chi connectivity index (χ2n) is 3.79. The lowest BCUT2D eigenvalue weighted by Crippen LogP contribution is -2.21. The monoisotopic (exact) mass is 291 g/mol. The quantitative estimate of drug-likeness (QED) is 0.810. The fourth-order valence-electron chi connectivity index (χ4n) is 1.50. The minimum absolute atomic E-state index is 0.00622. The number of aromatic carboxylic acids is 1. The zero-order chi connectivity index (χ0) is 14.5. The van der Waals surface area contributed by atoms with Crippen LogP contribution in [0.2, 0.25) is 5.02 Å². The number of aromatic nitrogens is 1. The van der Waals surface area contributed by atoms with Crippen molar-refractivity contribution in [3.05, 3.63) is 53.2 Å². The van der Waals surface area contributed by atoms with Crippen LogP contribution in [0.5, 0.6) is 0 Å². The Morgan fingerprint density at radius 1 is 1.10 bits per heavy atom. The summed E-state index contributed by atoms with van der Waals surface area (Å²) in [4.78, 5) is 26.7. The molecule has 0 aliphatic carbocycles. The molecule has 0 unspecified atom stereocenters. The number of nitrogens with one attached hydrogen (secondary N) is 2. The normalized spacial score (nSPS) is 9.85. The number of carboxylic acids is 1. The highest BCUT2D eigenvalue weighted by Crippen LogP contribution is 2.15. The predicted molar refractivity (Wildman–Crippen MR) is 75.3 cm³/mol. The lowest BCUT2D eigenvalue weighted by molar-refractivity contribution is 0.0698. The molecule has 3 N–H and O–H groups in total. The number of carbonyl (C=O) groups excluding carboxylic acids is 1. The summed E-state index contributed by atoms with van der Waals surface area (Å²) in [6.45, 7) is 0. The predicted octanol–water partition coefficient (Wildman–Crippen LogP) is 3.08. The van der Waals surface area contributed by atoms with Gasteiger partial charge >= 0.3 is 12.0 Å². The Labute approximate surface area is 119 Å². The molecule has 0 atom stereocenters. The van der Waals surface area contributed by atoms with Crippen molar-refractivity contribution in [2.45, 2.75) is 0 Å². The number of benzene rings is 1. The molecule has 0 radical (unpaired) electrons. The Hall–Kier alpha value is -2.60. The molecular weight excluding hydrogens is 282 g/mol. The molecule has 0 saturated carbocycles. The molecule has 7 heteroatoms. The molecule has 0 fully saturated rings. The number of hydrogen-bond acceptors (Lipinski definition) is 3. The molecule has 20 heavy (non-hydrogen) atoms. The topological polar surface area (TPSA) is 91.3 Å². The van der Waals surface area contributed by atoms with Crippen molar-refractivity contribution in [1.82, 2.24) is 4.98 Å². The van der Waals surface area contributed by atoms with Gasteiger partial charge in [0, 0.05) is 6.20 Å². The van der Waals surface area contributed by atoms with E-state index in [4.69, 9.17) is 16.7 Å². The SMILES string of the molecule is O=C(Nc1ccc(Cl)cn1)Nc1ccccc1C(=O)O. The van der Waals surface area contributed by atoms with E-state index < -0.39 is 12.0 Å². The Kier molecular flexibility index (Phi) is 4.17. The number of urea groups is 1. The van der Waals surface area contributed by atoms with E-state index in [2.05, 4.69) is 15.6 Å². The minimum Gasteiger partial charge on any atom is -0.478 e. The third-order valence-corrected chi connectivity index (χ3v) is 2.60. The highest BCUT2D eigenvalue weighted by atomic mass is 35.5. The first-order valence-electron chi connectivity index (χ1n) is 5.58. The maximum absolute atomic E-state index is 11.8. The zero-order valence-corrected chi connectivity index (χ0v) is 10.9. The first-order valence-corrected chi connectivity index (χ1v) is 5.96. The van der Waals surface area contributed by atoms with Crippen LogP contribution in [0.3, 0.4) is 0 Å². The van der Waals surface area contributed by atoms with Crippen LogP contribution in [0, 0.1) is 0 Å². The van der Waals surface area contributed by atoms with Crippen LogP contribution in [0.15, 0.2) is 42.6 Å². The van der Waals surface area contributed by atoms with Gasteiger partial charge in [0.15, 0.2) is 0 Å². The second-order valence-corrected chi connectivity index (χ2v) is 4.23. The van der Waals surface area contributed by atoms with Gasteiger partial charge in [-0.15, -0.1) is 0 Å². The van der Waals surface area contributed by atoms with E-state index in [1.807, 2.05) is 0 Å². The van der Waals surface area contributed by atoms with Gasteiger partial charge < -0.3 is 10.4 Å². The first kappa shape index (κ1) is 13.8. The van der Waals surface area contributed by atoms with Gasteiger partial charge in [-0.05, 0) is 24.3 Å². The van der Waals surface area contributed by atoms with Gasteiger partial charge in [-0.2, -0.15) is 0 Å². The molecule has 2 aromatic rings. The van der Waals surface area contributed by atoms with Crippen LogP contribution in [-0.4, -0.2) is 22.1 Å². The van der Waals surface area contributed by atoms with Crippen molar-refractivity contribution in [2.24, 2.45) is 0 Å². The molecule has 102 valence electrons. The van der Waals surface area contributed by atoms with E-state index in [1.165, 1.54) is 24.4 Å². The smallest absolute Gasteiger partial charge is 0.337 e. The molecule has 0 aliphatic heterocycles. The summed E-state index contributed by atoms with van der Waals surface area (Å²) in [6.07, 6.45) is 1.39. The van der Waals surface area contributed by atoms with E-state index in [0.717, 1.165) is 0 Å². The molecule has 1 aromatic carbocycles. The van der Waals surface area contributed by atoms with Crippen molar-refractivity contribution in [3.8, 4) is 0 Å². The van der Waals surface area contributed by atoms with Gasteiger partial charge in [0.1, 0.15) is 5.82 Å². The van der Waals surface area contributed by atoms with E-state index >= 15 is 0 Å². The summed E-state index contributed by atoms with van der Waals surface area (Å²) in [5.41, 5.74) is 0.207. The van der Waals surface area contributed by atoms with Crippen LogP contribution < -0.4 is 10.6 Å².